The summed E-state index contributed by atoms with van der Waals surface area (Å²) in [6, 6.07) is 147. The minimum atomic E-state index is -0.0886. The molecule has 0 spiro atoms. The fourth-order valence-electron chi connectivity index (χ4n) is 21.4. The maximum Gasteiger partial charge on any atom is 0.227 e. The van der Waals surface area contributed by atoms with Gasteiger partial charge in [-0.1, -0.05) is 232 Å². The molecule has 8 aromatic heterocycles. The van der Waals surface area contributed by atoms with Crippen LogP contribution in [0.2, 0.25) is 0 Å². The molecule has 10 nitrogen and oxygen atoms in total. The lowest BCUT2D eigenvalue weighted by atomic mass is 9.82. The Hall–Kier alpha value is -17.4. The summed E-state index contributed by atoms with van der Waals surface area (Å²) in [6.07, 6.45) is 13.8. The number of para-hydroxylation sites is 4. The quantitative estimate of drug-likeness (QED) is 0.149. The molecule has 0 unspecified atom stereocenters. The molecule has 0 bridgehead atoms. The van der Waals surface area contributed by atoms with Crippen LogP contribution in [0.3, 0.4) is 0 Å². The van der Waals surface area contributed by atoms with Gasteiger partial charge in [-0.3, -0.25) is 15.0 Å². The first-order chi connectivity index (χ1) is 66.2. The third-order valence-electron chi connectivity index (χ3n) is 27.5. The van der Waals surface area contributed by atoms with E-state index in [1.54, 1.807) is 17.5 Å². The van der Waals surface area contributed by atoms with Crippen LogP contribution in [0.25, 0.3) is 188 Å². The Morgan fingerprint density at radius 3 is 1.45 bits per heavy atom. The van der Waals surface area contributed by atoms with Crippen LogP contribution in [-0.4, -0.2) is 29.1 Å². The highest BCUT2D eigenvalue weighted by molar-refractivity contribution is 7.17. The lowest BCUT2D eigenvalue weighted by Gasteiger charge is -2.28. The second kappa shape index (κ2) is 31.5. The molecule has 0 amide bonds. The van der Waals surface area contributed by atoms with E-state index in [0.717, 1.165) is 84.2 Å². The van der Waals surface area contributed by atoms with E-state index in [0.29, 0.717) is 5.71 Å². The van der Waals surface area contributed by atoms with Crippen molar-refractivity contribution in [2.75, 3.05) is 14.7 Å². The summed E-state index contributed by atoms with van der Waals surface area (Å²) >= 11 is 1.79. The van der Waals surface area contributed by atoms with Crippen molar-refractivity contribution < 1.29 is 4.42 Å². The van der Waals surface area contributed by atoms with Gasteiger partial charge in [-0.15, -0.1) is 11.3 Å². The second-order valence-corrected chi connectivity index (χ2v) is 36.2. The van der Waals surface area contributed by atoms with Gasteiger partial charge in [0, 0.05) is 154 Å². The summed E-state index contributed by atoms with van der Waals surface area (Å²) in [6.45, 7) is 4.65. The molecule has 16 aromatic carbocycles. The Labute approximate surface area is 778 Å². The number of pyridine rings is 4. The third kappa shape index (κ3) is 12.7. The molecule has 0 fully saturated rings. The molecule has 24 aromatic rings. The predicted molar refractivity (Wildman–Crippen MR) is 556 cm³/mol. The molecule has 134 heavy (non-hydrogen) atoms. The van der Waals surface area contributed by atoms with Crippen LogP contribution in [0.5, 0.6) is 0 Å². The van der Waals surface area contributed by atoms with Crippen molar-refractivity contribution in [3.8, 4) is 123 Å². The van der Waals surface area contributed by atoms with E-state index in [1.165, 1.54) is 160 Å². The molecule has 4 aliphatic rings. The lowest BCUT2D eigenvalue weighted by molar-refractivity contribution is 0.654. The number of rotatable bonds is 8. The number of anilines is 9. The highest BCUT2D eigenvalue weighted by Gasteiger charge is 2.38. The minimum Gasteiger partial charge on any atom is -0.438 e. The number of hydrogen-bond donors (Lipinski definition) is 0. The Morgan fingerprint density at radius 1 is 0.269 bits per heavy atom. The first-order valence-corrected chi connectivity index (χ1v) is 46.4. The van der Waals surface area contributed by atoms with Gasteiger partial charge < -0.3 is 28.3 Å². The van der Waals surface area contributed by atoms with Crippen molar-refractivity contribution in [2.24, 2.45) is 0 Å². The van der Waals surface area contributed by atoms with Crippen LogP contribution < -0.4 is 14.7 Å². The van der Waals surface area contributed by atoms with Gasteiger partial charge in [-0.05, 0) is 270 Å². The summed E-state index contributed by atoms with van der Waals surface area (Å²) in [5.74, 6) is 0. The van der Waals surface area contributed by atoms with Crippen LogP contribution in [0, 0.1) is 0 Å². The highest BCUT2D eigenvalue weighted by atomic mass is 32.1. The van der Waals surface area contributed by atoms with Crippen LogP contribution in [-0.2, 0) is 5.41 Å². The Bertz CT molecular complexity index is 8850. The van der Waals surface area contributed by atoms with Crippen LogP contribution >= 0.6 is 11.3 Å². The van der Waals surface area contributed by atoms with E-state index in [4.69, 9.17) is 4.42 Å². The average molecular weight is 1730 g/mol. The monoisotopic (exact) mass is 1730 g/mol. The molecule has 11 heteroatoms. The van der Waals surface area contributed by atoms with Crippen molar-refractivity contribution in [1.82, 2.24) is 29.1 Å². The Morgan fingerprint density at radius 2 is 0.799 bits per heavy atom. The van der Waals surface area contributed by atoms with Crippen molar-refractivity contribution in [1.29, 1.82) is 0 Å². The van der Waals surface area contributed by atoms with Gasteiger partial charge in [-0.2, -0.15) is 0 Å². The number of thiophene rings is 1. The number of hydrogen-bond acceptors (Lipinski definition) is 9. The molecule has 0 atom stereocenters. The summed E-state index contributed by atoms with van der Waals surface area (Å²) < 4.78 is 12.2. The number of furan rings is 1. The molecule has 0 saturated heterocycles. The number of benzene rings is 16. The standard InChI is InChI=1S/C44H31N3.C42H27N3S.C37H23N3O/c1-44(2)38-21-23-45-27-37(38)33-18-17-30(26-39(33)44)46-24-22-36-40(46)19-20-42-43(36)35-13-6-5-11-32(35)34-12-7-8-14-41(34)47(42)31-16-15-28-9-3-4-10-29(28)25-31;1-2-10-28(11-3-1)30-24-31(29-19-22-44-38(27-29)37-15-8-9-21-43-37)26-32(25-30)45-39-16-7-6-13-34(39)33-12-4-5-14-35(33)42-36-20-23-46-41(36)18-17-40(42)45;1-2-9-24(10-3-1)39-22-20-31-32(39)18-19-34-36(31)29-13-5-4-11-26(29)27-12-6-7-15-33(27)40(34)25-16-17-28-30-14-8-21-38-37(30)41-35(28)23-25/h3-27H,1-2H3;1-27H;1-23H. The zero-order chi connectivity index (χ0) is 88.6. The summed E-state index contributed by atoms with van der Waals surface area (Å²) in [7, 11) is 0. The van der Waals surface area contributed by atoms with Gasteiger partial charge in [0.1, 0.15) is 5.58 Å². The molecule has 0 radical (unpaired) electrons. The van der Waals surface area contributed by atoms with E-state index in [-0.39, 0.29) is 5.41 Å². The van der Waals surface area contributed by atoms with Crippen LogP contribution in [0.4, 0.5) is 51.2 Å². The van der Waals surface area contributed by atoms with E-state index in [9.17, 15) is 0 Å². The second-order valence-electron chi connectivity index (χ2n) is 35.2. The molecular weight excluding hydrogens is 1650 g/mol. The summed E-state index contributed by atoms with van der Waals surface area (Å²) in [4.78, 5) is 25.4. The van der Waals surface area contributed by atoms with Crippen LogP contribution in [0.1, 0.15) is 25.0 Å². The van der Waals surface area contributed by atoms with Gasteiger partial charge in [0.2, 0.25) is 5.71 Å². The molecular formula is C123H81N9OS. The lowest BCUT2D eigenvalue weighted by Crippen LogP contribution is -2.15. The first-order valence-electron chi connectivity index (χ1n) is 45.5. The fraction of sp³-hybridized carbons (Fsp3) is 0.0244. The molecule has 0 N–H and O–H groups in total. The van der Waals surface area contributed by atoms with Gasteiger partial charge in [0.15, 0.2) is 0 Å². The normalized spacial score (nSPS) is 12.7. The average Bonchev–Trinajstić information content (AvgIpc) is 1.57. The number of fused-ring (bicyclic) bond motifs is 28. The topological polar surface area (TPSA) is 84.3 Å². The maximum atomic E-state index is 6.23. The molecule has 1 aliphatic carbocycles. The van der Waals surface area contributed by atoms with Gasteiger partial charge in [-0.25, -0.2) is 4.98 Å². The van der Waals surface area contributed by atoms with Gasteiger partial charge in [0.25, 0.3) is 0 Å². The summed E-state index contributed by atoms with van der Waals surface area (Å²) in [5, 5.41) is 10.5. The Balaban J connectivity index is 0.000000105. The van der Waals surface area contributed by atoms with E-state index in [2.05, 4.69) is 458 Å². The van der Waals surface area contributed by atoms with Crippen molar-refractivity contribution in [2.45, 2.75) is 19.3 Å². The fourth-order valence-corrected chi connectivity index (χ4v) is 22.2. The van der Waals surface area contributed by atoms with E-state index < -0.39 is 0 Å². The smallest absolute Gasteiger partial charge is 0.227 e. The zero-order valence-electron chi connectivity index (χ0n) is 73.1. The predicted octanol–water partition coefficient (Wildman–Crippen LogP) is 33.5. The van der Waals surface area contributed by atoms with E-state index >= 15 is 0 Å². The van der Waals surface area contributed by atoms with Gasteiger partial charge in [0.05, 0.1) is 56.5 Å². The van der Waals surface area contributed by atoms with E-state index in [1.807, 2.05) is 49.1 Å². The van der Waals surface area contributed by atoms with Crippen LogP contribution in [0.15, 0.2) is 460 Å². The largest absolute Gasteiger partial charge is 0.438 e. The zero-order valence-corrected chi connectivity index (χ0v) is 74.0. The Kier molecular flexibility index (Phi) is 18.3. The number of nitrogens with zero attached hydrogens (tertiary/aromatic N) is 9. The molecule has 28 rings (SSSR count). The highest BCUT2D eigenvalue weighted by Crippen LogP contribution is 2.59. The molecule has 11 heterocycles. The van der Waals surface area contributed by atoms with Crippen molar-refractivity contribution in [3.63, 3.8) is 0 Å². The van der Waals surface area contributed by atoms with Crippen molar-refractivity contribution >= 4 is 127 Å². The maximum absolute atomic E-state index is 6.23. The number of aromatic nitrogens is 6. The van der Waals surface area contributed by atoms with Crippen molar-refractivity contribution in [3.05, 3.63) is 466 Å². The summed E-state index contributed by atoms with van der Waals surface area (Å²) in [5.41, 5.74) is 42.6. The third-order valence-corrected chi connectivity index (χ3v) is 28.4. The first kappa shape index (κ1) is 77.7. The molecule has 0 saturated carbocycles. The molecule has 3 aliphatic heterocycles. The molecule has 630 valence electrons. The SMILES string of the molecule is CC1(C)c2ccncc2-c2ccc(-n3ccc4c5c(ccc43)N(c3ccc4ccccc4c3)c3ccccc3-c3ccccc3-5)cc21.c1ccc(-c2cc(-c3ccnc(-c4ccccn4)c3)cc(N3c4ccccc4-c4ccccc4-c4c3ccc3sccc43)c2)cc1.c1ccc(-n2ccc3c4c(ccc32)N(c2ccc3c(c2)oc2ncccc23)c2ccccc2-c2ccccc2-4)cc1. The van der Waals surface area contributed by atoms with Gasteiger partial charge >= 0.3 is 0 Å². The minimum absolute atomic E-state index is 0.0886.